The molecule has 0 radical (unpaired) electrons. The summed E-state index contributed by atoms with van der Waals surface area (Å²) in [5.74, 6) is -0.0350. The number of ether oxygens (including phenoxy) is 1. The number of aryl methyl sites for hydroxylation is 1. The van der Waals surface area contributed by atoms with E-state index < -0.39 is 0 Å². The van der Waals surface area contributed by atoms with Crippen molar-refractivity contribution in [3.05, 3.63) is 23.0 Å². The summed E-state index contributed by atoms with van der Waals surface area (Å²) in [6, 6.07) is 1.83. The Morgan fingerprint density at radius 2 is 2.42 bits per heavy atom. The van der Waals surface area contributed by atoms with Gasteiger partial charge in [0.05, 0.1) is 11.8 Å². The number of carbonyl (C=O) groups is 1. The maximum atomic E-state index is 11.9. The molecule has 0 aliphatic carbocycles. The van der Waals surface area contributed by atoms with E-state index in [1.165, 1.54) is 6.42 Å². The van der Waals surface area contributed by atoms with Crippen LogP contribution in [0, 0.1) is 6.92 Å². The van der Waals surface area contributed by atoms with Crippen LogP contribution in [0.15, 0.2) is 12.3 Å². The van der Waals surface area contributed by atoms with E-state index >= 15 is 0 Å². The number of aromatic nitrogens is 1. The van der Waals surface area contributed by atoms with E-state index in [1.54, 1.807) is 6.20 Å². The zero-order chi connectivity index (χ0) is 13.7. The molecule has 1 aromatic heterocycles. The van der Waals surface area contributed by atoms with Gasteiger partial charge in [-0.25, -0.2) is 4.98 Å². The third-order valence-corrected chi connectivity index (χ3v) is 3.63. The lowest BCUT2D eigenvalue weighted by Gasteiger charge is -2.22. The minimum atomic E-state index is -0.0350. The molecule has 0 saturated carbocycles. The van der Waals surface area contributed by atoms with Crippen molar-refractivity contribution < 1.29 is 9.53 Å². The first-order valence-electron chi connectivity index (χ1n) is 6.69. The third-order valence-electron chi connectivity index (χ3n) is 3.34. The van der Waals surface area contributed by atoms with Crippen molar-refractivity contribution in [3.8, 4) is 0 Å². The third kappa shape index (κ3) is 4.18. The smallest absolute Gasteiger partial charge is 0.224 e. The molecule has 1 fully saturated rings. The monoisotopic (exact) mass is 282 g/mol. The molecule has 1 saturated heterocycles. The summed E-state index contributed by atoms with van der Waals surface area (Å²) < 4.78 is 5.61. The van der Waals surface area contributed by atoms with Crippen LogP contribution < -0.4 is 5.32 Å². The molecule has 1 atom stereocenters. The Morgan fingerprint density at radius 1 is 1.58 bits per heavy atom. The molecule has 1 aromatic rings. The lowest BCUT2D eigenvalue weighted by Crippen LogP contribution is -2.22. The highest BCUT2D eigenvalue weighted by Crippen LogP contribution is 2.23. The molecule has 4 nitrogen and oxygen atoms in total. The lowest BCUT2D eigenvalue weighted by atomic mass is 10.0. The largest absolute Gasteiger partial charge is 0.378 e. The van der Waals surface area contributed by atoms with Crippen molar-refractivity contribution >= 4 is 23.2 Å². The standard InChI is InChI=1S/C14H19ClN2O2/c1-10-7-8-16-14(15)13(10)17-12(18)6-5-11-4-2-3-9-19-11/h7-8,11H,2-6,9H2,1H3,(H,17,18). The van der Waals surface area contributed by atoms with E-state index in [0.29, 0.717) is 17.3 Å². The molecule has 0 spiro atoms. The van der Waals surface area contributed by atoms with Crippen molar-refractivity contribution in [1.82, 2.24) is 4.98 Å². The molecular weight excluding hydrogens is 264 g/mol. The molecule has 0 aromatic carbocycles. The zero-order valence-electron chi connectivity index (χ0n) is 11.1. The van der Waals surface area contributed by atoms with Crippen LogP contribution in [0.1, 0.15) is 37.7 Å². The molecule has 1 amide bonds. The van der Waals surface area contributed by atoms with E-state index in [2.05, 4.69) is 10.3 Å². The molecule has 1 aliphatic rings. The van der Waals surface area contributed by atoms with Gasteiger partial charge in [-0.05, 0) is 44.2 Å². The molecule has 104 valence electrons. The summed E-state index contributed by atoms with van der Waals surface area (Å²) in [6.07, 6.45) is 6.46. The van der Waals surface area contributed by atoms with Crippen LogP contribution in [0.5, 0.6) is 0 Å². The van der Waals surface area contributed by atoms with E-state index in [9.17, 15) is 4.79 Å². The number of nitrogens with one attached hydrogen (secondary N) is 1. The Bertz CT molecular complexity index is 425. The predicted octanol–water partition coefficient (Wildman–Crippen LogP) is 3.33. The van der Waals surface area contributed by atoms with Gasteiger partial charge in [-0.3, -0.25) is 4.79 Å². The van der Waals surface area contributed by atoms with Gasteiger partial charge >= 0.3 is 0 Å². The fourth-order valence-corrected chi connectivity index (χ4v) is 2.46. The predicted molar refractivity (Wildman–Crippen MR) is 75.4 cm³/mol. The quantitative estimate of drug-likeness (QED) is 0.862. The minimum Gasteiger partial charge on any atom is -0.378 e. The molecule has 2 rings (SSSR count). The summed E-state index contributed by atoms with van der Waals surface area (Å²) >= 11 is 5.97. The van der Waals surface area contributed by atoms with E-state index in [-0.39, 0.29) is 12.0 Å². The first-order valence-corrected chi connectivity index (χ1v) is 7.07. The van der Waals surface area contributed by atoms with Crippen molar-refractivity contribution in [2.75, 3.05) is 11.9 Å². The highest BCUT2D eigenvalue weighted by molar-refractivity contribution is 6.32. The Morgan fingerprint density at radius 3 is 3.11 bits per heavy atom. The lowest BCUT2D eigenvalue weighted by molar-refractivity contribution is -0.117. The topological polar surface area (TPSA) is 51.2 Å². The second kappa shape index (κ2) is 6.87. The molecule has 1 aliphatic heterocycles. The Labute approximate surface area is 118 Å². The molecule has 5 heteroatoms. The number of amides is 1. The van der Waals surface area contributed by atoms with Crippen LogP contribution >= 0.6 is 11.6 Å². The second-order valence-electron chi connectivity index (χ2n) is 4.87. The zero-order valence-corrected chi connectivity index (χ0v) is 11.9. The van der Waals surface area contributed by atoms with Gasteiger partial charge in [0.15, 0.2) is 5.15 Å². The van der Waals surface area contributed by atoms with Gasteiger partial charge in [-0.1, -0.05) is 11.6 Å². The van der Waals surface area contributed by atoms with E-state index in [1.807, 2.05) is 13.0 Å². The molecule has 1 N–H and O–H groups in total. The number of hydrogen-bond acceptors (Lipinski definition) is 3. The summed E-state index contributed by atoms with van der Waals surface area (Å²) in [6.45, 7) is 2.72. The Hall–Kier alpha value is -1.13. The molecule has 0 bridgehead atoms. The SMILES string of the molecule is Cc1ccnc(Cl)c1NC(=O)CCC1CCCCO1. The molecule has 2 heterocycles. The van der Waals surface area contributed by atoms with Crippen LogP contribution in [0.2, 0.25) is 5.15 Å². The van der Waals surface area contributed by atoms with E-state index in [4.69, 9.17) is 16.3 Å². The maximum Gasteiger partial charge on any atom is 0.224 e. The summed E-state index contributed by atoms with van der Waals surface area (Å²) in [5.41, 5.74) is 1.53. The first-order chi connectivity index (χ1) is 9.16. The fraction of sp³-hybridized carbons (Fsp3) is 0.571. The molecule has 19 heavy (non-hydrogen) atoms. The number of nitrogens with zero attached hydrogens (tertiary/aromatic N) is 1. The average molecular weight is 283 g/mol. The number of hydrogen-bond donors (Lipinski definition) is 1. The number of pyridine rings is 1. The van der Waals surface area contributed by atoms with Crippen LogP contribution in [0.3, 0.4) is 0 Å². The number of anilines is 1. The van der Waals surface area contributed by atoms with Crippen LogP contribution in [0.25, 0.3) is 0 Å². The van der Waals surface area contributed by atoms with Crippen LogP contribution in [-0.2, 0) is 9.53 Å². The van der Waals surface area contributed by atoms with Crippen molar-refractivity contribution in [1.29, 1.82) is 0 Å². The van der Waals surface area contributed by atoms with Gasteiger partial charge in [0.2, 0.25) is 5.91 Å². The summed E-state index contributed by atoms with van der Waals surface area (Å²) in [4.78, 5) is 15.9. The Balaban J connectivity index is 1.83. The maximum absolute atomic E-state index is 11.9. The van der Waals surface area contributed by atoms with E-state index in [0.717, 1.165) is 31.4 Å². The summed E-state index contributed by atoms with van der Waals surface area (Å²) in [5, 5.41) is 3.16. The van der Waals surface area contributed by atoms with Gasteiger partial charge < -0.3 is 10.1 Å². The minimum absolute atomic E-state index is 0.0350. The van der Waals surface area contributed by atoms with Gasteiger partial charge in [-0.2, -0.15) is 0 Å². The molecular formula is C14H19ClN2O2. The van der Waals surface area contributed by atoms with Gasteiger partial charge in [-0.15, -0.1) is 0 Å². The first kappa shape index (κ1) is 14.3. The van der Waals surface area contributed by atoms with Gasteiger partial charge in [0.25, 0.3) is 0 Å². The molecule has 1 unspecified atom stereocenters. The number of carbonyl (C=O) groups excluding carboxylic acids is 1. The second-order valence-corrected chi connectivity index (χ2v) is 5.23. The Kier molecular flexibility index (Phi) is 5.16. The number of halogens is 1. The van der Waals surface area contributed by atoms with Crippen LogP contribution in [0.4, 0.5) is 5.69 Å². The van der Waals surface area contributed by atoms with Crippen LogP contribution in [-0.4, -0.2) is 23.6 Å². The van der Waals surface area contributed by atoms with Crippen molar-refractivity contribution in [2.24, 2.45) is 0 Å². The average Bonchev–Trinajstić information content (AvgIpc) is 2.42. The van der Waals surface area contributed by atoms with Gasteiger partial charge in [0.1, 0.15) is 0 Å². The van der Waals surface area contributed by atoms with Crippen molar-refractivity contribution in [2.45, 2.75) is 45.1 Å². The highest BCUT2D eigenvalue weighted by atomic mass is 35.5. The van der Waals surface area contributed by atoms with Gasteiger partial charge in [0, 0.05) is 19.2 Å². The summed E-state index contributed by atoms with van der Waals surface area (Å²) in [7, 11) is 0. The highest BCUT2D eigenvalue weighted by Gasteiger charge is 2.16. The normalized spacial score (nSPS) is 19.2. The number of rotatable bonds is 4. The fourth-order valence-electron chi connectivity index (χ4n) is 2.20. The van der Waals surface area contributed by atoms with Crippen molar-refractivity contribution in [3.63, 3.8) is 0 Å².